The lowest BCUT2D eigenvalue weighted by Crippen LogP contribution is -2.53. The van der Waals surface area contributed by atoms with E-state index in [0.29, 0.717) is 28.6 Å². The molecule has 12 heteroatoms. The molecule has 2 bridgehead atoms. The van der Waals surface area contributed by atoms with Crippen molar-refractivity contribution in [3.05, 3.63) is 35.9 Å². The molecule has 0 radical (unpaired) electrons. The number of rotatable bonds is 8. The number of hydrogen-bond acceptors (Lipinski definition) is 7. The van der Waals surface area contributed by atoms with Crippen LogP contribution in [0, 0.1) is 5.92 Å². The van der Waals surface area contributed by atoms with Crippen LogP contribution in [0.3, 0.4) is 0 Å². The predicted octanol–water partition coefficient (Wildman–Crippen LogP) is 4.28. The van der Waals surface area contributed by atoms with Gasteiger partial charge >= 0.3 is 0 Å². The van der Waals surface area contributed by atoms with Gasteiger partial charge in [0.25, 0.3) is 5.91 Å². The molecule has 44 heavy (non-hydrogen) atoms. The third-order valence-corrected chi connectivity index (χ3v) is 11.0. The second-order valence-corrected chi connectivity index (χ2v) is 15.0. The summed E-state index contributed by atoms with van der Waals surface area (Å²) in [5, 5.41) is 0.911. The van der Waals surface area contributed by atoms with Crippen molar-refractivity contribution in [3.8, 4) is 17.3 Å². The van der Waals surface area contributed by atoms with Crippen LogP contribution < -0.4 is 14.8 Å². The van der Waals surface area contributed by atoms with Crippen LogP contribution in [0.4, 0.5) is 5.82 Å². The number of imidazole rings is 1. The number of aryl methyl sites for hydroxylation is 1. The fourth-order valence-electron chi connectivity index (χ4n) is 7.46. The largest absolute Gasteiger partial charge is 0.494 e. The lowest BCUT2D eigenvalue weighted by Gasteiger charge is -2.38. The number of aromatic nitrogens is 4. The molecule has 3 aromatic heterocycles. The average molecular weight is 620 g/mol. The summed E-state index contributed by atoms with van der Waals surface area (Å²) in [6, 6.07) is 9.52. The maximum Gasteiger partial charge on any atom is 0.254 e. The first-order valence-electron chi connectivity index (χ1n) is 15.6. The van der Waals surface area contributed by atoms with Crippen molar-refractivity contribution < 1.29 is 17.9 Å². The van der Waals surface area contributed by atoms with Crippen LogP contribution in [0.2, 0.25) is 0 Å². The Morgan fingerprint density at radius 1 is 1.09 bits per heavy atom. The summed E-state index contributed by atoms with van der Waals surface area (Å²) in [6.07, 6.45) is 7.35. The van der Waals surface area contributed by atoms with Gasteiger partial charge in [-0.25, -0.2) is 18.4 Å². The SMILES string of the molecule is COc1cc(C(=O)N2[C@@H]3CC[C@@H](N)[C@H]2CC3)cc2nc(-c3cc4ccc(N(C(C)C)S(C)(=O)=O)nc4n3CC3CC3)n(C)c12. The number of methoxy groups -OCH3 is 1. The number of nitrogens with zero attached hydrogens (tertiary/aromatic N) is 6. The summed E-state index contributed by atoms with van der Waals surface area (Å²) >= 11 is 0. The van der Waals surface area contributed by atoms with E-state index in [0.717, 1.165) is 73.1 Å². The normalized spacial score (nSPS) is 22.0. The average Bonchev–Trinajstić information content (AvgIpc) is 3.52. The molecule has 11 nitrogen and oxygen atoms in total. The first-order valence-corrected chi connectivity index (χ1v) is 17.4. The number of ether oxygens (including phenoxy) is 1. The molecule has 1 amide bonds. The number of nitrogens with two attached hydrogens (primary N) is 1. The van der Waals surface area contributed by atoms with Crippen LogP contribution >= 0.6 is 0 Å². The first-order chi connectivity index (χ1) is 21.0. The molecule has 7 rings (SSSR count). The Kier molecular flexibility index (Phi) is 6.93. The number of piperidine rings is 1. The summed E-state index contributed by atoms with van der Waals surface area (Å²) in [5.41, 5.74) is 10.1. The smallest absolute Gasteiger partial charge is 0.254 e. The van der Waals surface area contributed by atoms with Crippen molar-refractivity contribution in [2.24, 2.45) is 18.7 Å². The molecule has 2 N–H and O–H groups in total. The van der Waals surface area contributed by atoms with Crippen molar-refractivity contribution in [1.82, 2.24) is 24.0 Å². The number of carbonyl (C=O) groups is 1. The molecule has 1 aliphatic carbocycles. The zero-order valence-corrected chi connectivity index (χ0v) is 26.8. The molecule has 3 atom stereocenters. The standard InChI is InChI=1S/C32H41N7O4S/c1-18(2)39(44(5,41)42)28-13-8-20-15-26(37(30(20)35-28)17-19-6-7-19)31-34-24-14-21(16-27(43-4)29(24)36(31)3)32(40)38-22-9-11-23(33)25(38)12-10-22/h8,13-16,18-19,22-23,25H,6-7,9-12,17,33H2,1-5H3/t22-,23-,25-/m1/s1. The Morgan fingerprint density at radius 2 is 1.84 bits per heavy atom. The van der Waals surface area contributed by atoms with E-state index in [-0.39, 0.29) is 30.1 Å². The summed E-state index contributed by atoms with van der Waals surface area (Å²) in [4.78, 5) is 25.9. The highest BCUT2D eigenvalue weighted by molar-refractivity contribution is 7.92. The Morgan fingerprint density at radius 3 is 2.52 bits per heavy atom. The monoisotopic (exact) mass is 619 g/mol. The van der Waals surface area contributed by atoms with Gasteiger partial charge in [0, 0.05) is 48.7 Å². The number of anilines is 1. The van der Waals surface area contributed by atoms with Crippen LogP contribution in [-0.2, 0) is 23.6 Å². The minimum absolute atomic E-state index is 0.0114. The number of benzene rings is 1. The zero-order valence-electron chi connectivity index (χ0n) is 26.0. The van der Waals surface area contributed by atoms with Crippen LogP contribution in [-0.4, -0.2) is 75.9 Å². The fraction of sp³-hybridized carbons (Fsp3) is 0.531. The van der Waals surface area contributed by atoms with E-state index in [9.17, 15) is 13.2 Å². The molecular weight excluding hydrogens is 578 g/mol. The Labute approximate surface area is 258 Å². The second kappa shape index (κ2) is 10.5. The second-order valence-electron chi connectivity index (χ2n) is 13.1. The highest BCUT2D eigenvalue weighted by Gasteiger charge is 2.44. The highest BCUT2D eigenvalue weighted by atomic mass is 32.2. The molecule has 2 saturated heterocycles. The van der Waals surface area contributed by atoms with Crippen LogP contribution in [0.1, 0.15) is 62.7 Å². The van der Waals surface area contributed by atoms with Gasteiger partial charge in [-0.3, -0.25) is 9.10 Å². The molecule has 4 aromatic rings. The van der Waals surface area contributed by atoms with E-state index in [1.165, 1.54) is 10.6 Å². The maximum atomic E-state index is 13.9. The molecule has 3 aliphatic rings. The maximum absolute atomic E-state index is 13.9. The van der Waals surface area contributed by atoms with E-state index in [1.807, 2.05) is 48.6 Å². The van der Waals surface area contributed by atoms with E-state index < -0.39 is 10.0 Å². The molecule has 1 aromatic carbocycles. The Balaban J connectivity index is 1.35. The number of carbonyl (C=O) groups excluding carboxylic acids is 1. The quantitative estimate of drug-likeness (QED) is 0.312. The van der Waals surface area contributed by atoms with E-state index in [4.69, 9.17) is 20.4 Å². The number of amides is 1. The Hall–Kier alpha value is -3.64. The third-order valence-electron chi connectivity index (χ3n) is 9.66. The molecule has 0 spiro atoms. The molecule has 0 unspecified atom stereocenters. The van der Waals surface area contributed by atoms with E-state index in [1.54, 1.807) is 13.2 Å². The van der Waals surface area contributed by atoms with E-state index >= 15 is 0 Å². The van der Waals surface area contributed by atoms with Gasteiger partial charge in [-0.15, -0.1) is 0 Å². The minimum Gasteiger partial charge on any atom is -0.494 e. The number of fused-ring (bicyclic) bond motifs is 4. The molecule has 234 valence electrons. The van der Waals surface area contributed by atoms with Crippen LogP contribution in [0.15, 0.2) is 30.3 Å². The summed E-state index contributed by atoms with van der Waals surface area (Å²) in [6.45, 7) is 4.45. The summed E-state index contributed by atoms with van der Waals surface area (Å²) < 4.78 is 36.7. The Bertz CT molecular complexity index is 1890. The fourth-order valence-corrected chi connectivity index (χ4v) is 8.67. The lowest BCUT2D eigenvalue weighted by molar-refractivity contribution is 0.0562. The molecular formula is C32H41N7O4S. The molecule has 5 heterocycles. The number of pyridine rings is 1. The lowest BCUT2D eigenvalue weighted by atomic mass is 9.97. The molecule has 1 saturated carbocycles. The van der Waals surface area contributed by atoms with Gasteiger partial charge in [0.15, 0.2) is 5.82 Å². The number of hydrogen-bond donors (Lipinski definition) is 1. The first kappa shape index (κ1) is 29.1. The topological polar surface area (TPSA) is 129 Å². The van der Waals surface area contributed by atoms with Crippen molar-refractivity contribution in [1.29, 1.82) is 0 Å². The minimum atomic E-state index is -3.52. The van der Waals surface area contributed by atoms with Gasteiger partial charge in [0.1, 0.15) is 22.7 Å². The zero-order chi connectivity index (χ0) is 31.1. The van der Waals surface area contributed by atoms with Gasteiger partial charge in [0.05, 0.1) is 24.6 Å². The van der Waals surface area contributed by atoms with Gasteiger partial charge < -0.3 is 24.5 Å². The van der Waals surface area contributed by atoms with Crippen LogP contribution in [0.25, 0.3) is 33.6 Å². The summed E-state index contributed by atoms with van der Waals surface area (Å²) in [7, 11) is 0.0592. The van der Waals surface area contributed by atoms with E-state index in [2.05, 4.69) is 10.6 Å². The van der Waals surface area contributed by atoms with Gasteiger partial charge in [-0.2, -0.15) is 0 Å². The van der Waals surface area contributed by atoms with Gasteiger partial charge in [0.2, 0.25) is 10.0 Å². The summed E-state index contributed by atoms with van der Waals surface area (Å²) in [5.74, 6) is 2.24. The van der Waals surface area contributed by atoms with Crippen molar-refractivity contribution >= 4 is 43.8 Å². The molecule has 3 fully saturated rings. The highest BCUT2D eigenvalue weighted by Crippen LogP contribution is 2.40. The molecule has 2 aliphatic heterocycles. The van der Waals surface area contributed by atoms with Gasteiger partial charge in [-0.1, -0.05) is 0 Å². The van der Waals surface area contributed by atoms with Crippen molar-refractivity contribution in [2.45, 2.75) is 83.1 Å². The predicted molar refractivity (Wildman–Crippen MR) is 171 cm³/mol. The third kappa shape index (κ3) is 4.73. The van der Waals surface area contributed by atoms with Crippen molar-refractivity contribution in [2.75, 3.05) is 17.7 Å². The number of sulfonamides is 1. The van der Waals surface area contributed by atoms with Crippen molar-refractivity contribution in [3.63, 3.8) is 0 Å². The van der Waals surface area contributed by atoms with Gasteiger partial charge in [-0.05, 0) is 88.6 Å². The van der Waals surface area contributed by atoms with Crippen LogP contribution in [0.5, 0.6) is 5.75 Å².